The molecule has 0 aromatic heterocycles. The summed E-state index contributed by atoms with van der Waals surface area (Å²) in [7, 11) is 0. The van der Waals surface area contributed by atoms with E-state index in [4.69, 9.17) is 0 Å². The van der Waals surface area contributed by atoms with Gasteiger partial charge in [0, 0.05) is 6.42 Å². The third kappa shape index (κ3) is 1.80. The monoisotopic (exact) mass is 155 g/mol. The van der Waals surface area contributed by atoms with Gasteiger partial charge >= 0.3 is 5.97 Å². The van der Waals surface area contributed by atoms with Crippen LogP contribution in [0.1, 0.15) is 12.8 Å². The lowest BCUT2D eigenvalue weighted by Gasteiger charge is -2.05. The van der Waals surface area contributed by atoms with Crippen LogP contribution >= 0.6 is 0 Å². The van der Waals surface area contributed by atoms with Crippen LogP contribution in [0, 0.1) is 0 Å². The predicted molar refractivity (Wildman–Crippen MR) is 37.5 cm³/mol. The Morgan fingerprint density at radius 3 is 3.00 bits per heavy atom. The molecule has 1 fully saturated rings. The number of carbonyl (C=O) groups excluding carboxylic acids is 2. The third-order valence-corrected chi connectivity index (χ3v) is 1.48. The molecule has 0 aliphatic carbocycles. The van der Waals surface area contributed by atoms with Gasteiger partial charge in [-0.05, 0) is 6.42 Å². The number of hydrogen-bond acceptors (Lipinski definition) is 3. The van der Waals surface area contributed by atoms with E-state index >= 15 is 0 Å². The molecule has 1 atom stereocenters. The molecule has 60 valence electrons. The van der Waals surface area contributed by atoms with Crippen LogP contribution in [0.15, 0.2) is 12.8 Å². The molecule has 0 unspecified atom stereocenters. The van der Waals surface area contributed by atoms with Crippen molar-refractivity contribution in [2.24, 2.45) is 0 Å². The van der Waals surface area contributed by atoms with Gasteiger partial charge in [0.05, 0.1) is 6.26 Å². The lowest BCUT2D eigenvalue weighted by atomic mass is 10.2. The van der Waals surface area contributed by atoms with E-state index in [2.05, 4.69) is 16.6 Å². The minimum absolute atomic E-state index is 0.101. The van der Waals surface area contributed by atoms with Crippen LogP contribution in [0.2, 0.25) is 0 Å². The number of amides is 1. The summed E-state index contributed by atoms with van der Waals surface area (Å²) in [5.74, 6) is -0.540. The molecular weight excluding hydrogens is 146 g/mol. The van der Waals surface area contributed by atoms with Crippen LogP contribution in [0.25, 0.3) is 0 Å². The normalized spacial score (nSPS) is 22.5. The minimum atomic E-state index is -0.472. The molecule has 0 spiro atoms. The first-order valence-electron chi connectivity index (χ1n) is 3.35. The maximum absolute atomic E-state index is 10.9. The standard InChI is InChI=1S/C7H9NO3/c1-2-11-7(10)5-3-4-6(9)8-5/h2,5H,1,3-4H2,(H,8,9)/t5-/m0/s1. The largest absolute Gasteiger partial charge is 0.434 e. The smallest absolute Gasteiger partial charge is 0.333 e. The van der Waals surface area contributed by atoms with E-state index in [1.165, 1.54) is 0 Å². The van der Waals surface area contributed by atoms with Crippen molar-refractivity contribution in [3.8, 4) is 0 Å². The Bertz CT molecular complexity index is 200. The Morgan fingerprint density at radius 1 is 1.82 bits per heavy atom. The SMILES string of the molecule is C=COC(=O)[C@@H]1CCC(=O)N1. The second-order valence-corrected chi connectivity index (χ2v) is 2.26. The molecular formula is C7H9NO3. The molecule has 0 bridgehead atoms. The average Bonchev–Trinajstić information content (AvgIpc) is 2.36. The summed E-state index contributed by atoms with van der Waals surface area (Å²) in [6, 6.07) is -0.472. The number of esters is 1. The predicted octanol–water partition coefficient (Wildman–Crippen LogP) is -0.0483. The van der Waals surface area contributed by atoms with Crippen molar-refractivity contribution in [2.75, 3.05) is 0 Å². The van der Waals surface area contributed by atoms with Crippen LogP contribution in [-0.4, -0.2) is 17.9 Å². The topological polar surface area (TPSA) is 55.4 Å². The lowest BCUT2D eigenvalue weighted by Crippen LogP contribution is -2.33. The van der Waals surface area contributed by atoms with Crippen molar-refractivity contribution in [3.05, 3.63) is 12.8 Å². The van der Waals surface area contributed by atoms with Crippen LogP contribution in [0.5, 0.6) is 0 Å². The van der Waals surface area contributed by atoms with E-state index in [1.807, 2.05) is 0 Å². The summed E-state index contributed by atoms with van der Waals surface area (Å²) in [6.45, 7) is 3.24. The van der Waals surface area contributed by atoms with Crippen LogP contribution < -0.4 is 5.32 Å². The van der Waals surface area contributed by atoms with Crippen molar-refractivity contribution in [2.45, 2.75) is 18.9 Å². The second-order valence-electron chi connectivity index (χ2n) is 2.26. The van der Waals surface area contributed by atoms with Gasteiger partial charge < -0.3 is 10.1 Å². The van der Waals surface area contributed by atoms with Crippen LogP contribution in [0.4, 0.5) is 0 Å². The molecule has 1 amide bonds. The Labute approximate surface area is 64.2 Å². The molecule has 1 N–H and O–H groups in total. The molecule has 0 radical (unpaired) electrons. The highest BCUT2D eigenvalue weighted by Crippen LogP contribution is 2.07. The maximum Gasteiger partial charge on any atom is 0.333 e. The van der Waals surface area contributed by atoms with E-state index < -0.39 is 12.0 Å². The summed E-state index contributed by atoms with van der Waals surface area (Å²) >= 11 is 0. The summed E-state index contributed by atoms with van der Waals surface area (Å²) < 4.78 is 4.48. The quantitative estimate of drug-likeness (QED) is 0.449. The van der Waals surface area contributed by atoms with Crippen molar-refractivity contribution < 1.29 is 14.3 Å². The van der Waals surface area contributed by atoms with Crippen LogP contribution in [-0.2, 0) is 14.3 Å². The van der Waals surface area contributed by atoms with E-state index in [-0.39, 0.29) is 5.91 Å². The van der Waals surface area contributed by atoms with Crippen molar-refractivity contribution in [3.63, 3.8) is 0 Å². The number of nitrogens with one attached hydrogen (secondary N) is 1. The molecule has 11 heavy (non-hydrogen) atoms. The number of rotatable bonds is 2. The molecule has 4 heteroatoms. The fourth-order valence-electron chi connectivity index (χ4n) is 0.955. The molecule has 1 aliphatic rings. The van der Waals surface area contributed by atoms with Gasteiger partial charge in [-0.2, -0.15) is 0 Å². The average molecular weight is 155 g/mol. The zero-order chi connectivity index (χ0) is 8.27. The fraction of sp³-hybridized carbons (Fsp3) is 0.429. The number of carbonyl (C=O) groups is 2. The molecule has 1 saturated heterocycles. The van der Waals surface area contributed by atoms with Crippen LogP contribution in [0.3, 0.4) is 0 Å². The van der Waals surface area contributed by atoms with Gasteiger partial charge in [0.15, 0.2) is 0 Å². The number of hydrogen-bond donors (Lipinski definition) is 1. The fourth-order valence-corrected chi connectivity index (χ4v) is 0.955. The highest BCUT2D eigenvalue weighted by atomic mass is 16.5. The van der Waals surface area contributed by atoms with E-state index in [0.717, 1.165) is 6.26 Å². The first-order chi connectivity index (χ1) is 5.24. The molecule has 1 aliphatic heterocycles. The highest BCUT2D eigenvalue weighted by Gasteiger charge is 2.27. The highest BCUT2D eigenvalue weighted by molar-refractivity contribution is 5.88. The second kappa shape index (κ2) is 3.18. The van der Waals surface area contributed by atoms with E-state index in [0.29, 0.717) is 12.8 Å². The molecule has 1 heterocycles. The van der Waals surface area contributed by atoms with E-state index in [9.17, 15) is 9.59 Å². The van der Waals surface area contributed by atoms with E-state index in [1.54, 1.807) is 0 Å². The zero-order valence-corrected chi connectivity index (χ0v) is 6.00. The van der Waals surface area contributed by atoms with Gasteiger partial charge in [0.2, 0.25) is 5.91 Å². The molecule has 4 nitrogen and oxygen atoms in total. The Hall–Kier alpha value is -1.32. The molecule has 0 aromatic carbocycles. The molecule has 0 aromatic rings. The van der Waals surface area contributed by atoms with Gasteiger partial charge in [-0.25, -0.2) is 4.79 Å². The van der Waals surface area contributed by atoms with Crippen molar-refractivity contribution >= 4 is 11.9 Å². The van der Waals surface area contributed by atoms with Gasteiger partial charge in [-0.15, -0.1) is 0 Å². The molecule has 1 rings (SSSR count). The minimum Gasteiger partial charge on any atom is -0.434 e. The zero-order valence-electron chi connectivity index (χ0n) is 6.00. The maximum atomic E-state index is 10.9. The summed E-state index contributed by atoms with van der Waals surface area (Å²) in [5.41, 5.74) is 0. The summed E-state index contributed by atoms with van der Waals surface area (Å²) in [5, 5.41) is 2.48. The van der Waals surface area contributed by atoms with Gasteiger partial charge in [0.1, 0.15) is 6.04 Å². The Kier molecular flexibility index (Phi) is 2.25. The van der Waals surface area contributed by atoms with Gasteiger partial charge in [0.25, 0.3) is 0 Å². The Morgan fingerprint density at radius 2 is 2.55 bits per heavy atom. The molecule has 0 saturated carbocycles. The van der Waals surface area contributed by atoms with Gasteiger partial charge in [-0.1, -0.05) is 6.58 Å². The lowest BCUT2D eigenvalue weighted by molar-refractivity contribution is -0.140. The first-order valence-corrected chi connectivity index (χ1v) is 3.35. The first kappa shape index (κ1) is 7.78. The summed E-state index contributed by atoms with van der Waals surface area (Å²) in [6.07, 6.45) is 1.98. The van der Waals surface area contributed by atoms with Crippen molar-refractivity contribution in [1.29, 1.82) is 0 Å². The van der Waals surface area contributed by atoms with Gasteiger partial charge in [-0.3, -0.25) is 4.79 Å². The summed E-state index contributed by atoms with van der Waals surface area (Å²) in [4.78, 5) is 21.5. The number of ether oxygens (including phenoxy) is 1. The third-order valence-electron chi connectivity index (χ3n) is 1.48. The van der Waals surface area contributed by atoms with Crippen molar-refractivity contribution in [1.82, 2.24) is 5.32 Å². The Balaban J connectivity index is 2.42.